The smallest absolute Gasteiger partial charge is 0.232 e. The first-order valence-corrected chi connectivity index (χ1v) is 9.16. The average molecular weight is 343 g/mol. The Balaban J connectivity index is 1.56. The molecule has 1 aromatic heterocycles. The molecule has 8 heteroatoms. The molecule has 1 heterocycles. The van der Waals surface area contributed by atoms with Crippen LogP contribution in [-0.4, -0.2) is 34.8 Å². The maximum Gasteiger partial charge on any atom is 0.232 e. The minimum absolute atomic E-state index is 0.0779. The number of aromatic amines is 1. The topological polar surface area (TPSA) is 101 Å². The fourth-order valence-corrected chi connectivity index (χ4v) is 3.43. The fourth-order valence-electron chi connectivity index (χ4n) is 2.31. The van der Waals surface area contributed by atoms with Crippen LogP contribution in [0, 0.1) is 0 Å². The molecule has 0 spiro atoms. The molecule has 0 aliphatic heterocycles. The van der Waals surface area contributed by atoms with Crippen molar-refractivity contribution in [1.82, 2.24) is 20.6 Å². The molecule has 2 aromatic carbocycles. The van der Waals surface area contributed by atoms with Crippen LogP contribution in [0.2, 0.25) is 0 Å². The van der Waals surface area contributed by atoms with Crippen LogP contribution in [0.5, 0.6) is 0 Å². The molecule has 3 aromatic rings. The van der Waals surface area contributed by atoms with E-state index in [9.17, 15) is 8.42 Å². The molecule has 0 saturated heterocycles. The molecule has 0 radical (unpaired) electrons. The molecular weight excluding hydrogens is 326 g/mol. The van der Waals surface area contributed by atoms with Crippen molar-refractivity contribution in [3.8, 4) is 11.4 Å². The summed E-state index contributed by atoms with van der Waals surface area (Å²) in [6.45, 7) is 0. The van der Waals surface area contributed by atoms with Gasteiger partial charge in [-0.3, -0.25) is 4.72 Å². The number of nitrogens with zero attached hydrogens (tertiary/aromatic N) is 3. The van der Waals surface area contributed by atoms with Gasteiger partial charge in [-0.15, -0.1) is 10.2 Å². The lowest BCUT2D eigenvalue weighted by atomic mass is 10.1. The number of hydrogen-bond donors (Lipinski definition) is 2. The maximum atomic E-state index is 12.2. The molecule has 124 valence electrons. The van der Waals surface area contributed by atoms with Gasteiger partial charge in [0.05, 0.1) is 5.75 Å². The Hall–Kier alpha value is -2.74. The monoisotopic (exact) mass is 343 g/mol. The Morgan fingerprint density at radius 1 is 1.00 bits per heavy atom. The predicted molar refractivity (Wildman–Crippen MR) is 91.8 cm³/mol. The van der Waals surface area contributed by atoms with E-state index in [1.54, 1.807) is 24.3 Å². The molecule has 0 aliphatic carbocycles. The predicted octanol–water partition coefficient (Wildman–Crippen LogP) is 2.24. The van der Waals surface area contributed by atoms with E-state index in [1.165, 1.54) is 0 Å². The molecule has 24 heavy (non-hydrogen) atoms. The average Bonchev–Trinajstić information content (AvgIpc) is 3.10. The number of H-pyrrole nitrogens is 1. The molecular formula is C16H17N5O2S. The largest absolute Gasteiger partial charge is 0.284 e. The van der Waals surface area contributed by atoms with Crippen molar-refractivity contribution in [3.63, 3.8) is 0 Å². The van der Waals surface area contributed by atoms with Crippen LogP contribution >= 0.6 is 0 Å². The van der Waals surface area contributed by atoms with Crippen molar-refractivity contribution in [2.75, 3.05) is 10.5 Å². The van der Waals surface area contributed by atoms with E-state index in [4.69, 9.17) is 0 Å². The Bertz CT molecular complexity index is 863. The van der Waals surface area contributed by atoms with Gasteiger partial charge in [0.15, 0.2) is 0 Å². The minimum atomic E-state index is -3.37. The summed E-state index contributed by atoms with van der Waals surface area (Å²) in [7, 11) is -3.37. The van der Waals surface area contributed by atoms with Crippen molar-refractivity contribution in [2.24, 2.45) is 0 Å². The second-order valence-electron chi connectivity index (χ2n) is 5.32. The highest BCUT2D eigenvalue weighted by atomic mass is 32.2. The third kappa shape index (κ3) is 4.39. The zero-order chi connectivity index (χ0) is 16.8. The zero-order valence-corrected chi connectivity index (χ0v) is 13.7. The second kappa shape index (κ2) is 7.22. The van der Waals surface area contributed by atoms with E-state index in [-0.39, 0.29) is 5.75 Å². The number of benzene rings is 2. The van der Waals surface area contributed by atoms with Crippen molar-refractivity contribution >= 4 is 15.7 Å². The third-order valence-corrected chi connectivity index (χ3v) is 4.86. The van der Waals surface area contributed by atoms with Gasteiger partial charge in [-0.1, -0.05) is 30.3 Å². The number of aryl methyl sites for hydroxylation is 1. The minimum Gasteiger partial charge on any atom is -0.284 e. The molecule has 7 nitrogen and oxygen atoms in total. The number of tetrazole rings is 1. The van der Waals surface area contributed by atoms with E-state index in [0.717, 1.165) is 17.5 Å². The molecule has 0 unspecified atom stereocenters. The number of hydrogen-bond acceptors (Lipinski definition) is 5. The van der Waals surface area contributed by atoms with Gasteiger partial charge in [-0.05, 0) is 47.9 Å². The van der Waals surface area contributed by atoms with Gasteiger partial charge in [-0.2, -0.15) is 5.21 Å². The zero-order valence-electron chi connectivity index (χ0n) is 12.9. The van der Waals surface area contributed by atoms with Crippen LogP contribution in [0.4, 0.5) is 5.69 Å². The van der Waals surface area contributed by atoms with Crippen LogP contribution < -0.4 is 4.72 Å². The first-order chi connectivity index (χ1) is 11.6. The molecule has 0 aliphatic rings. The van der Waals surface area contributed by atoms with Crippen LogP contribution in [0.1, 0.15) is 12.0 Å². The number of aromatic nitrogens is 4. The Morgan fingerprint density at radius 2 is 1.75 bits per heavy atom. The van der Waals surface area contributed by atoms with Gasteiger partial charge in [0, 0.05) is 11.3 Å². The van der Waals surface area contributed by atoms with Gasteiger partial charge >= 0.3 is 0 Å². The number of nitrogens with one attached hydrogen (secondary N) is 2. The highest BCUT2D eigenvalue weighted by Gasteiger charge is 2.11. The highest BCUT2D eigenvalue weighted by molar-refractivity contribution is 7.92. The highest BCUT2D eigenvalue weighted by Crippen LogP contribution is 2.18. The summed E-state index contributed by atoms with van der Waals surface area (Å²) in [6.07, 6.45) is 1.30. The maximum absolute atomic E-state index is 12.2. The van der Waals surface area contributed by atoms with Crippen molar-refractivity contribution in [3.05, 3.63) is 60.2 Å². The van der Waals surface area contributed by atoms with E-state index in [2.05, 4.69) is 25.3 Å². The summed E-state index contributed by atoms with van der Waals surface area (Å²) in [4.78, 5) is 0. The van der Waals surface area contributed by atoms with Gasteiger partial charge in [0.25, 0.3) is 0 Å². The first kappa shape index (κ1) is 16.1. The standard InChI is InChI=1S/C16H17N5O2S/c22-24(23,12-4-7-13-5-2-1-3-6-13)19-15-10-8-14(9-11-15)16-17-20-21-18-16/h1-3,5-6,8-11,19H,4,7,12H2,(H,17,18,20,21). The lowest BCUT2D eigenvalue weighted by Gasteiger charge is -2.08. The normalized spacial score (nSPS) is 11.3. The van der Waals surface area contributed by atoms with Crippen LogP contribution in [0.3, 0.4) is 0 Å². The van der Waals surface area contributed by atoms with Crippen molar-refractivity contribution < 1.29 is 8.42 Å². The Kier molecular flexibility index (Phi) is 4.85. The summed E-state index contributed by atoms with van der Waals surface area (Å²) in [5.41, 5.74) is 2.41. The van der Waals surface area contributed by atoms with Crippen LogP contribution in [-0.2, 0) is 16.4 Å². The summed E-state index contributed by atoms with van der Waals surface area (Å²) in [6, 6.07) is 16.7. The fraction of sp³-hybridized carbons (Fsp3) is 0.188. The van der Waals surface area contributed by atoms with E-state index in [0.29, 0.717) is 17.9 Å². The van der Waals surface area contributed by atoms with Crippen LogP contribution in [0.15, 0.2) is 54.6 Å². The van der Waals surface area contributed by atoms with Crippen LogP contribution in [0.25, 0.3) is 11.4 Å². The molecule has 3 rings (SSSR count). The van der Waals surface area contributed by atoms with E-state index >= 15 is 0 Å². The quantitative estimate of drug-likeness (QED) is 0.685. The van der Waals surface area contributed by atoms with Gasteiger partial charge < -0.3 is 0 Å². The SMILES string of the molecule is O=S(=O)(CCCc1ccccc1)Nc1ccc(-c2nn[nH]n2)cc1. The molecule has 0 atom stereocenters. The number of rotatable bonds is 7. The summed E-state index contributed by atoms with van der Waals surface area (Å²) >= 11 is 0. The summed E-state index contributed by atoms with van der Waals surface area (Å²) in [5.74, 6) is 0.543. The Morgan fingerprint density at radius 3 is 2.42 bits per heavy atom. The molecule has 0 fully saturated rings. The molecule has 0 saturated carbocycles. The van der Waals surface area contributed by atoms with Gasteiger partial charge in [0.2, 0.25) is 15.8 Å². The van der Waals surface area contributed by atoms with E-state index in [1.807, 2.05) is 30.3 Å². The second-order valence-corrected chi connectivity index (χ2v) is 7.16. The molecule has 2 N–H and O–H groups in total. The van der Waals surface area contributed by atoms with Gasteiger partial charge in [-0.25, -0.2) is 8.42 Å². The Labute approximate surface area is 140 Å². The van der Waals surface area contributed by atoms with Crippen molar-refractivity contribution in [2.45, 2.75) is 12.8 Å². The third-order valence-electron chi connectivity index (χ3n) is 3.48. The molecule has 0 amide bonds. The number of sulfonamides is 1. The lowest BCUT2D eigenvalue weighted by Crippen LogP contribution is -2.17. The molecule has 0 bridgehead atoms. The number of anilines is 1. The first-order valence-electron chi connectivity index (χ1n) is 7.51. The summed E-state index contributed by atoms with van der Waals surface area (Å²) in [5, 5.41) is 13.6. The summed E-state index contributed by atoms with van der Waals surface area (Å²) < 4.78 is 26.9. The van der Waals surface area contributed by atoms with Gasteiger partial charge in [0.1, 0.15) is 0 Å². The lowest BCUT2D eigenvalue weighted by molar-refractivity contribution is 0.598. The van der Waals surface area contributed by atoms with E-state index < -0.39 is 10.0 Å². The van der Waals surface area contributed by atoms with Crippen molar-refractivity contribution in [1.29, 1.82) is 0 Å².